The van der Waals surface area contributed by atoms with E-state index in [1.807, 2.05) is 0 Å². The van der Waals surface area contributed by atoms with Crippen molar-refractivity contribution < 1.29 is 5.11 Å². The van der Waals surface area contributed by atoms with Gasteiger partial charge in [0, 0.05) is 0 Å². The fourth-order valence-electron chi connectivity index (χ4n) is 2.12. The quantitative estimate of drug-likeness (QED) is 0.650. The third kappa shape index (κ3) is 3.51. The zero-order valence-electron chi connectivity index (χ0n) is 9.09. The van der Waals surface area contributed by atoms with Gasteiger partial charge in [-0.25, -0.2) is 0 Å². The number of hydrogen-bond donors (Lipinski definition) is 1. The molecule has 76 valence electrons. The van der Waals surface area contributed by atoms with E-state index in [1.54, 1.807) is 0 Å². The predicted molar refractivity (Wildman–Crippen MR) is 56.6 cm³/mol. The van der Waals surface area contributed by atoms with E-state index in [9.17, 15) is 5.11 Å². The highest BCUT2D eigenvalue weighted by atomic mass is 16.3. The Morgan fingerprint density at radius 3 is 2.69 bits per heavy atom. The lowest BCUT2D eigenvalue weighted by atomic mass is 9.78. The van der Waals surface area contributed by atoms with Gasteiger partial charge in [0.25, 0.3) is 0 Å². The Hall–Kier alpha value is -0.300. The highest BCUT2D eigenvalue weighted by Gasteiger charge is 2.25. The Bertz CT molecular complexity index is 180. The summed E-state index contributed by atoms with van der Waals surface area (Å²) in [5.41, 5.74) is 1.37. The fraction of sp³-hybridized carbons (Fsp3) is 0.833. The minimum absolute atomic E-state index is 0.0493. The normalized spacial score (nSPS) is 34.3. The van der Waals surface area contributed by atoms with Gasteiger partial charge in [0.1, 0.15) is 0 Å². The topological polar surface area (TPSA) is 20.2 Å². The Labute approximate surface area is 81.9 Å². The maximum absolute atomic E-state index is 9.77. The number of hydrogen-bond acceptors (Lipinski definition) is 1. The lowest BCUT2D eigenvalue weighted by molar-refractivity contribution is 0.0532. The Balaban J connectivity index is 2.42. The predicted octanol–water partition coefficient (Wildman–Crippen LogP) is 3.14. The summed E-state index contributed by atoms with van der Waals surface area (Å²) in [6.07, 6.45) is 6.67. The Morgan fingerprint density at radius 2 is 2.08 bits per heavy atom. The van der Waals surface area contributed by atoms with Crippen LogP contribution in [-0.2, 0) is 0 Å². The first-order chi connectivity index (χ1) is 6.09. The second-order valence-electron chi connectivity index (χ2n) is 4.76. The van der Waals surface area contributed by atoms with Gasteiger partial charge >= 0.3 is 0 Å². The van der Waals surface area contributed by atoms with Gasteiger partial charge < -0.3 is 5.11 Å². The van der Waals surface area contributed by atoms with Crippen LogP contribution >= 0.6 is 0 Å². The SMILES string of the molecule is CC(C)=CCC1CC(C)CCC1O. The van der Waals surface area contributed by atoms with Crippen LogP contribution in [0.3, 0.4) is 0 Å². The monoisotopic (exact) mass is 182 g/mol. The van der Waals surface area contributed by atoms with Crippen LogP contribution in [0.1, 0.15) is 46.5 Å². The summed E-state index contributed by atoms with van der Waals surface area (Å²) < 4.78 is 0. The van der Waals surface area contributed by atoms with Crippen molar-refractivity contribution in [2.75, 3.05) is 0 Å². The molecule has 1 aliphatic rings. The van der Waals surface area contributed by atoms with Crippen LogP contribution in [0.25, 0.3) is 0 Å². The molecule has 0 spiro atoms. The molecule has 0 aromatic heterocycles. The van der Waals surface area contributed by atoms with Crippen LogP contribution in [0.2, 0.25) is 0 Å². The van der Waals surface area contributed by atoms with Crippen LogP contribution in [0.5, 0.6) is 0 Å². The zero-order chi connectivity index (χ0) is 9.84. The van der Waals surface area contributed by atoms with Gasteiger partial charge in [0.15, 0.2) is 0 Å². The second-order valence-corrected chi connectivity index (χ2v) is 4.76. The number of aliphatic hydroxyl groups excluding tert-OH is 1. The first-order valence-corrected chi connectivity index (χ1v) is 5.41. The average molecular weight is 182 g/mol. The van der Waals surface area contributed by atoms with E-state index in [4.69, 9.17) is 0 Å². The van der Waals surface area contributed by atoms with E-state index in [1.165, 1.54) is 18.4 Å². The van der Waals surface area contributed by atoms with Crippen molar-refractivity contribution in [2.24, 2.45) is 11.8 Å². The zero-order valence-corrected chi connectivity index (χ0v) is 9.09. The molecule has 0 aromatic carbocycles. The molecule has 13 heavy (non-hydrogen) atoms. The molecular weight excluding hydrogens is 160 g/mol. The molecular formula is C12H22O. The van der Waals surface area contributed by atoms with Crippen molar-refractivity contribution in [3.05, 3.63) is 11.6 Å². The number of rotatable bonds is 2. The second kappa shape index (κ2) is 4.80. The van der Waals surface area contributed by atoms with E-state index < -0.39 is 0 Å². The summed E-state index contributed by atoms with van der Waals surface area (Å²) >= 11 is 0. The van der Waals surface area contributed by atoms with Crippen molar-refractivity contribution in [1.29, 1.82) is 0 Å². The van der Waals surface area contributed by atoms with Crippen LogP contribution in [-0.4, -0.2) is 11.2 Å². The van der Waals surface area contributed by atoms with Crippen molar-refractivity contribution in [2.45, 2.75) is 52.6 Å². The van der Waals surface area contributed by atoms with Gasteiger partial charge in [0.05, 0.1) is 6.10 Å². The highest BCUT2D eigenvalue weighted by molar-refractivity contribution is 4.95. The van der Waals surface area contributed by atoms with Gasteiger partial charge in [-0.3, -0.25) is 0 Å². The van der Waals surface area contributed by atoms with Crippen molar-refractivity contribution in [1.82, 2.24) is 0 Å². The summed E-state index contributed by atoms with van der Waals surface area (Å²) in [6.45, 7) is 6.54. The molecule has 0 saturated heterocycles. The number of allylic oxidation sites excluding steroid dienone is 2. The van der Waals surface area contributed by atoms with Gasteiger partial charge in [-0.15, -0.1) is 0 Å². The molecule has 0 aliphatic heterocycles. The van der Waals surface area contributed by atoms with E-state index in [0.29, 0.717) is 5.92 Å². The summed E-state index contributed by atoms with van der Waals surface area (Å²) in [4.78, 5) is 0. The Morgan fingerprint density at radius 1 is 1.38 bits per heavy atom. The van der Waals surface area contributed by atoms with Gasteiger partial charge in [0.2, 0.25) is 0 Å². The molecule has 1 aliphatic carbocycles. The highest BCUT2D eigenvalue weighted by Crippen LogP contribution is 2.31. The van der Waals surface area contributed by atoms with Crippen molar-refractivity contribution in [3.63, 3.8) is 0 Å². The van der Waals surface area contributed by atoms with Crippen LogP contribution in [0.15, 0.2) is 11.6 Å². The standard InChI is InChI=1S/C12H22O/c1-9(2)4-6-11-8-10(3)5-7-12(11)13/h4,10-13H,5-8H2,1-3H3. The smallest absolute Gasteiger partial charge is 0.0571 e. The molecule has 1 nitrogen and oxygen atoms in total. The summed E-state index contributed by atoms with van der Waals surface area (Å²) in [5.74, 6) is 1.32. The largest absolute Gasteiger partial charge is 0.393 e. The minimum atomic E-state index is -0.0493. The van der Waals surface area contributed by atoms with Crippen LogP contribution in [0, 0.1) is 11.8 Å². The van der Waals surface area contributed by atoms with Crippen molar-refractivity contribution in [3.8, 4) is 0 Å². The molecule has 0 radical (unpaired) electrons. The average Bonchev–Trinajstić information content (AvgIpc) is 2.06. The van der Waals surface area contributed by atoms with Gasteiger partial charge in [-0.1, -0.05) is 18.6 Å². The molecule has 1 heteroatoms. The summed E-state index contributed by atoms with van der Waals surface area (Å²) in [5, 5.41) is 9.77. The molecule has 1 saturated carbocycles. The van der Waals surface area contributed by atoms with Crippen molar-refractivity contribution >= 4 is 0 Å². The summed E-state index contributed by atoms with van der Waals surface area (Å²) in [6, 6.07) is 0. The van der Waals surface area contributed by atoms with E-state index in [-0.39, 0.29) is 6.10 Å². The van der Waals surface area contributed by atoms with Crippen LogP contribution < -0.4 is 0 Å². The lowest BCUT2D eigenvalue weighted by Crippen LogP contribution is -2.27. The maximum atomic E-state index is 9.77. The number of aliphatic hydroxyl groups is 1. The molecule has 0 heterocycles. The third-order valence-electron chi connectivity index (χ3n) is 3.03. The van der Waals surface area contributed by atoms with E-state index in [2.05, 4.69) is 26.8 Å². The Kier molecular flexibility index (Phi) is 3.98. The van der Waals surface area contributed by atoms with Crippen LogP contribution in [0.4, 0.5) is 0 Å². The van der Waals surface area contributed by atoms with E-state index >= 15 is 0 Å². The molecule has 1 N–H and O–H groups in total. The molecule has 1 rings (SSSR count). The third-order valence-corrected chi connectivity index (χ3v) is 3.03. The first-order valence-electron chi connectivity index (χ1n) is 5.41. The minimum Gasteiger partial charge on any atom is -0.393 e. The summed E-state index contributed by atoms with van der Waals surface area (Å²) in [7, 11) is 0. The molecule has 0 bridgehead atoms. The van der Waals surface area contributed by atoms with E-state index in [0.717, 1.165) is 18.8 Å². The fourth-order valence-corrected chi connectivity index (χ4v) is 2.12. The lowest BCUT2D eigenvalue weighted by Gasteiger charge is -2.31. The van der Waals surface area contributed by atoms with Gasteiger partial charge in [-0.05, 0) is 51.4 Å². The molecule has 0 amide bonds. The first kappa shape index (κ1) is 10.8. The molecule has 1 fully saturated rings. The maximum Gasteiger partial charge on any atom is 0.0571 e. The van der Waals surface area contributed by atoms with Gasteiger partial charge in [-0.2, -0.15) is 0 Å². The molecule has 0 aromatic rings. The molecule has 3 atom stereocenters. The molecule has 3 unspecified atom stereocenters.